The molecule has 2 aromatic heterocycles. The van der Waals surface area contributed by atoms with E-state index in [4.69, 9.17) is 9.84 Å². The molecular weight excluding hydrogens is 399 g/mol. The number of nitrogens with zero attached hydrogens (tertiary/aromatic N) is 4. The molecule has 1 fully saturated rings. The minimum absolute atomic E-state index is 0.0409. The molecule has 0 saturated carbocycles. The summed E-state index contributed by atoms with van der Waals surface area (Å²) in [5.74, 6) is 0.00557. The van der Waals surface area contributed by atoms with E-state index in [-0.39, 0.29) is 30.2 Å². The van der Waals surface area contributed by atoms with Gasteiger partial charge in [-0.25, -0.2) is 14.1 Å². The molecule has 1 N–H and O–H groups in total. The Hall–Kier alpha value is -3.13. The Bertz CT molecular complexity index is 1050. The van der Waals surface area contributed by atoms with Crippen molar-refractivity contribution < 1.29 is 19.0 Å². The Balaban J connectivity index is 1.77. The molecule has 7 nitrogen and oxygen atoms in total. The smallest absolute Gasteiger partial charge is 0.308 e. The molecule has 0 unspecified atom stereocenters. The van der Waals surface area contributed by atoms with Gasteiger partial charge in [0.1, 0.15) is 11.9 Å². The first kappa shape index (κ1) is 21.1. The van der Waals surface area contributed by atoms with Crippen LogP contribution in [-0.4, -0.2) is 43.0 Å². The lowest BCUT2D eigenvalue weighted by molar-refractivity contribution is -0.160. The molecule has 4 rings (SSSR count). The molecule has 3 aromatic rings. The molecule has 162 valence electrons. The van der Waals surface area contributed by atoms with Crippen molar-refractivity contribution >= 4 is 5.97 Å². The Morgan fingerprint density at radius 1 is 1.26 bits per heavy atom. The molecule has 1 saturated heterocycles. The van der Waals surface area contributed by atoms with Crippen LogP contribution in [0.2, 0.25) is 0 Å². The standard InChI is InChI=1S/C23H25FN4O3/c1-14(2)22-19(8-7-18-11-17(29)12-21(30)31-18)23(15-3-5-16(24)6-4-15)28(27-22)20-13-25-9-10-26-20/h3-6,9-10,13-14,17-18,29H,7-8,11-12H2,1-2H3/t17-,18+/m1/s1. The van der Waals surface area contributed by atoms with E-state index in [1.54, 1.807) is 35.4 Å². The molecule has 1 aliphatic rings. The maximum absolute atomic E-state index is 13.6. The van der Waals surface area contributed by atoms with Crippen molar-refractivity contribution in [2.24, 2.45) is 0 Å². The van der Waals surface area contributed by atoms with Crippen LogP contribution < -0.4 is 0 Å². The highest BCUT2D eigenvalue weighted by Gasteiger charge is 2.29. The van der Waals surface area contributed by atoms with E-state index in [0.717, 1.165) is 22.5 Å². The van der Waals surface area contributed by atoms with Gasteiger partial charge in [-0.1, -0.05) is 13.8 Å². The van der Waals surface area contributed by atoms with Gasteiger partial charge in [0, 0.05) is 29.9 Å². The summed E-state index contributed by atoms with van der Waals surface area (Å²) >= 11 is 0. The summed E-state index contributed by atoms with van der Waals surface area (Å²) in [5.41, 5.74) is 3.50. The SMILES string of the molecule is CC(C)c1nn(-c2cnccn2)c(-c2ccc(F)cc2)c1CC[C@H]1C[C@@H](O)CC(=O)O1. The third kappa shape index (κ3) is 4.64. The van der Waals surface area contributed by atoms with Crippen LogP contribution in [-0.2, 0) is 16.0 Å². The highest BCUT2D eigenvalue weighted by Crippen LogP contribution is 2.34. The zero-order valence-corrected chi connectivity index (χ0v) is 17.5. The van der Waals surface area contributed by atoms with Crippen molar-refractivity contribution in [3.05, 3.63) is 59.9 Å². The lowest BCUT2D eigenvalue weighted by Crippen LogP contribution is -2.32. The summed E-state index contributed by atoms with van der Waals surface area (Å²) in [7, 11) is 0. The zero-order valence-electron chi connectivity index (χ0n) is 17.5. The van der Waals surface area contributed by atoms with Crippen LogP contribution in [0.25, 0.3) is 17.1 Å². The number of ether oxygens (including phenoxy) is 1. The van der Waals surface area contributed by atoms with E-state index >= 15 is 0 Å². The number of aliphatic hydroxyl groups is 1. The number of rotatable bonds is 6. The normalized spacial score (nSPS) is 18.9. The lowest BCUT2D eigenvalue weighted by atomic mass is 9.93. The Morgan fingerprint density at radius 2 is 2.03 bits per heavy atom. The first-order valence-electron chi connectivity index (χ1n) is 10.4. The third-order valence-electron chi connectivity index (χ3n) is 5.40. The van der Waals surface area contributed by atoms with Crippen LogP contribution >= 0.6 is 0 Å². The van der Waals surface area contributed by atoms with E-state index in [0.29, 0.717) is 25.1 Å². The number of carbonyl (C=O) groups excluding carboxylic acids is 1. The molecule has 1 aromatic carbocycles. The van der Waals surface area contributed by atoms with Gasteiger partial charge in [0.05, 0.1) is 30.1 Å². The van der Waals surface area contributed by atoms with Crippen molar-refractivity contribution in [1.82, 2.24) is 19.7 Å². The monoisotopic (exact) mass is 424 g/mol. The first-order valence-corrected chi connectivity index (χ1v) is 10.4. The minimum Gasteiger partial charge on any atom is -0.462 e. The first-order chi connectivity index (χ1) is 14.9. The number of hydrogen-bond donors (Lipinski definition) is 1. The summed E-state index contributed by atoms with van der Waals surface area (Å²) in [4.78, 5) is 20.3. The predicted molar refractivity (Wildman–Crippen MR) is 112 cm³/mol. The molecule has 31 heavy (non-hydrogen) atoms. The maximum atomic E-state index is 13.6. The molecule has 1 aliphatic heterocycles. The molecule has 0 aliphatic carbocycles. The second-order valence-corrected chi connectivity index (χ2v) is 8.09. The number of esters is 1. The van der Waals surface area contributed by atoms with Crippen molar-refractivity contribution in [3.63, 3.8) is 0 Å². The van der Waals surface area contributed by atoms with E-state index in [1.807, 2.05) is 0 Å². The van der Waals surface area contributed by atoms with Gasteiger partial charge >= 0.3 is 5.97 Å². The van der Waals surface area contributed by atoms with Gasteiger partial charge in [-0.05, 0) is 43.0 Å². The highest BCUT2D eigenvalue weighted by atomic mass is 19.1. The van der Waals surface area contributed by atoms with Crippen LogP contribution in [0.1, 0.15) is 50.3 Å². The molecule has 0 bridgehead atoms. The number of halogens is 1. The summed E-state index contributed by atoms with van der Waals surface area (Å²) in [6.45, 7) is 4.12. The number of cyclic esters (lactones) is 1. The molecule has 2 atom stereocenters. The fourth-order valence-corrected chi connectivity index (χ4v) is 3.99. The average molecular weight is 424 g/mol. The van der Waals surface area contributed by atoms with Gasteiger partial charge < -0.3 is 9.84 Å². The topological polar surface area (TPSA) is 90.1 Å². The summed E-state index contributed by atoms with van der Waals surface area (Å²) < 4.78 is 20.8. The van der Waals surface area contributed by atoms with Crippen LogP contribution in [0.5, 0.6) is 0 Å². The second-order valence-electron chi connectivity index (χ2n) is 8.09. The van der Waals surface area contributed by atoms with Crippen molar-refractivity contribution in [3.8, 4) is 17.1 Å². The lowest BCUT2D eigenvalue weighted by Gasteiger charge is -2.26. The Kier molecular flexibility index (Phi) is 6.08. The number of aliphatic hydroxyl groups excluding tert-OH is 1. The largest absolute Gasteiger partial charge is 0.462 e. The number of carbonyl (C=O) groups is 1. The molecule has 0 radical (unpaired) electrons. The minimum atomic E-state index is -0.672. The molecular formula is C23H25FN4O3. The molecule has 0 spiro atoms. The molecule has 8 heteroatoms. The van der Waals surface area contributed by atoms with Crippen LogP contribution in [0.15, 0.2) is 42.9 Å². The second kappa shape index (κ2) is 8.93. The summed E-state index contributed by atoms with van der Waals surface area (Å²) in [6.07, 6.45) is 5.42. The Labute approximate surface area is 179 Å². The molecule has 0 amide bonds. The van der Waals surface area contributed by atoms with Crippen LogP contribution in [0.4, 0.5) is 4.39 Å². The maximum Gasteiger partial charge on any atom is 0.308 e. The van der Waals surface area contributed by atoms with Gasteiger partial charge in [-0.3, -0.25) is 9.78 Å². The highest BCUT2D eigenvalue weighted by molar-refractivity contribution is 5.71. The van der Waals surface area contributed by atoms with Gasteiger partial charge in [0.25, 0.3) is 0 Å². The van der Waals surface area contributed by atoms with Gasteiger partial charge in [0.15, 0.2) is 5.82 Å². The fourth-order valence-electron chi connectivity index (χ4n) is 3.99. The van der Waals surface area contributed by atoms with Crippen LogP contribution in [0, 0.1) is 5.82 Å². The summed E-state index contributed by atoms with van der Waals surface area (Å²) in [5, 5.41) is 14.8. The quantitative estimate of drug-likeness (QED) is 0.608. The molecule has 3 heterocycles. The van der Waals surface area contributed by atoms with E-state index in [9.17, 15) is 14.3 Å². The van der Waals surface area contributed by atoms with Gasteiger partial charge in [0.2, 0.25) is 0 Å². The fraction of sp³-hybridized carbons (Fsp3) is 0.391. The number of aromatic nitrogens is 4. The predicted octanol–water partition coefficient (Wildman–Crippen LogP) is 3.59. The zero-order chi connectivity index (χ0) is 22.0. The third-order valence-corrected chi connectivity index (χ3v) is 5.40. The van der Waals surface area contributed by atoms with E-state index in [1.165, 1.54) is 12.1 Å². The Morgan fingerprint density at radius 3 is 2.68 bits per heavy atom. The number of benzene rings is 1. The van der Waals surface area contributed by atoms with Gasteiger partial charge in [-0.2, -0.15) is 5.10 Å². The van der Waals surface area contributed by atoms with E-state index < -0.39 is 6.10 Å². The van der Waals surface area contributed by atoms with Crippen molar-refractivity contribution in [2.75, 3.05) is 0 Å². The number of hydrogen-bond acceptors (Lipinski definition) is 6. The van der Waals surface area contributed by atoms with Crippen molar-refractivity contribution in [2.45, 2.75) is 57.7 Å². The van der Waals surface area contributed by atoms with E-state index in [2.05, 4.69) is 23.8 Å². The van der Waals surface area contributed by atoms with Crippen LogP contribution in [0.3, 0.4) is 0 Å². The summed E-state index contributed by atoms with van der Waals surface area (Å²) in [6, 6.07) is 6.28. The average Bonchev–Trinajstić information content (AvgIpc) is 3.12. The van der Waals surface area contributed by atoms with Gasteiger partial charge in [-0.15, -0.1) is 0 Å². The van der Waals surface area contributed by atoms with Crippen molar-refractivity contribution in [1.29, 1.82) is 0 Å².